The van der Waals surface area contributed by atoms with Crippen molar-refractivity contribution >= 4 is 50.0 Å². The molecule has 1 aliphatic rings. The van der Waals surface area contributed by atoms with E-state index in [9.17, 15) is 9.59 Å². The summed E-state index contributed by atoms with van der Waals surface area (Å²) in [5, 5.41) is 4.55. The van der Waals surface area contributed by atoms with Gasteiger partial charge in [0.1, 0.15) is 0 Å². The molecule has 1 aliphatic heterocycles. The molecular weight excluding hydrogens is 471 g/mol. The molecule has 0 amide bonds. The summed E-state index contributed by atoms with van der Waals surface area (Å²) >= 11 is 5.86. The van der Waals surface area contributed by atoms with Crippen LogP contribution < -0.4 is 5.32 Å². The number of hydrogen-bond donors (Lipinski definition) is 1. The number of fused-ring (bicyclic) bond motifs is 1. The predicted molar refractivity (Wildman–Crippen MR) is 118 cm³/mol. The first-order valence-corrected chi connectivity index (χ1v) is 11.9. The number of benzene rings is 2. The van der Waals surface area contributed by atoms with E-state index < -0.39 is 11.9 Å². The number of rotatable bonds is 5. The SMILES string of the molecule is CCOC(=O)C(C(=O)OCC)=C1/N=C(/c2ccccc2)Nc2ccc(Cl)cc2C[Se]1. The maximum atomic E-state index is 12.6. The minimum absolute atomic E-state index is 0.147. The van der Waals surface area contributed by atoms with Crippen molar-refractivity contribution in [3.05, 3.63) is 74.8 Å². The van der Waals surface area contributed by atoms with E-state index in [4.69, 9.17) is 26.1 Å². The molecule has 1 heterocycles. The van der Waals surface area contributed by atoms with Crippen molar-refractivity contribution in [2.45, 2.75) is 19.2 Å². The summed E-state index contributed by atoms with van der Waals surface area (Å²) < 4.78 is 10.6. The van der Waals surface area contributed by atoms with Gasteiger partial charge in [-0.1, -0.05) is 0 Å². The summed E-state index contributed by atoms with van der Waals surface area (Å²) in [7, 11) is 0. The van der Waals surface area contributed by atoms with Gasteiger partial charge in [0, 0.05) is 0 Å². The van der Waals surface area contributed by atoms with Crippen LogP contribution in [0.3, 0.4) is 0 Å². The second-order valence-corrected chi connectivity index (χ2v) is 8.62. The van der Waals surface area contributed by atoms with Crippen molar-refractivity contribution in [2.24, 2.45) is 4.99 Å². The molecule has 2 aromatic rings. The van der Waals surface area contributed by atoms with Gasteiger partial charge in [-0.2, -0.15) is 0 Å². The van der Waals surface area contributed by atoms with Crippen molar-refractivity contribution < 1.29 is 19.1 Å². The van der Waals surface area contributed by atoms with Gasteiger partial charge in [-0.25, -0.2) is 0 Å². The molecule has 0 radical (unpaired) electrons. The van der Waals surface area contributed by atoms with Gasteiger partial charge >= 0.3 is 187 Å². The van der Waals surface area contributed by atoms with Crippen LogP contribution in [-0.4, -0.2) is 45.9 Å². The molecule has 0 fully saturated rings. The van der Waals surface area contributed by atoms with Crippen molar-refractivity contribution in [2.75, 3.05) is 18.5 Å². The molecule has 2 aromatic carbocycles. The Balaban J connectivity index is 2.18. The number of halogens is 1. The summed E-state index contributed by atoms with van der Waals surface area (Å²) in [5.41, 5.74) is 2.53. The van der Waals surface area contributed by atoms with E-state index in [1.165, 1.54) is 0 Å². The van der Waals surface area contributed by atoms with Crippen molar-refractivity contribution in [3.8, 4) is 0 Å². The van der Waals surface area contributed by atoms with Crippen molar-refractivity contribution in [3.63, 3.8) is 0 Å². The Morgan fingerprint density at radius 3 is 2.37 bits per heavy atom. The van der Waals surface area contributed by atoms with Gasteiger partial charge < -0.3 is 0 Å². The van der Waals surface area contributed by atoms with Gasteiger partial charge in [-0.15, -0.1) is 0 Å². The molecule has 0 aliphatic carbocycles. The van der Waals surface area contributed by atoms with Gasteiger partial charge in [0.2, 0.25) is 0 Å². The first-order chi connectivity index (χ1) is 14.5. The van der Waals surface area contributed by atoms with Crippen LogP contribution in [0, 0.1) is 0 Å². The molecule has 0 saturated carbocycles. The molecule has 156 valence electrons. The Kier molecular flexibility index (Phi) is 7.68. The quantitative estimate of drug-likeness (QED) is 0.227. The summed E-state index contributed by atoms with van der Waals surface area (Å²) in [6.07, 6.45) is 0. The molecule has 30 heavy (non-hydrogen) atoms. The third-order valence-corrected chi connectivity index (χ3v) is 6.50. The molecule has 6 nitrogen and oxygen atoms in total. The normalized spacial score (nSPS) is 14.9. The zero-order valence-corrected chi connectivity index (χ0v) is 19.1. The number of nitrogens with one attached hydrogen (secondary N) is 1. The van der Waals surface area contributed by atoms with E-state index in [-0.39, 0.29) is 33.7 Å². The van der Waals surface area contributed by atoms with E-state index in [1.54, 1.807) is 13.8 Å². The maximum absolute atomic E-state index is 12.6. The molecule has 0 bridgehead atoms. The Morgan fingerprint density at radius 1 is 1.07 bits per heavy atom. The number of nitrogens with zero attached hydrogens (tertiary/aromatic N) is 1. The number of aliphatic imine (C=N–C) groups is 1. The monoisotopic (exact) mass is 492 g/mol. The van der Waals surface area contributed by atoms with Crippen LogP contribution in [0.15, 0.2) is 63.7 Å². The molecule has 0 unspecified atom stereocenters. The van der Waals surface area contributed by atoms with Crippen LogP contribution in [0.5, 0.6) is 0 Å². The fraction of sp³-hybridized carbons (Fsp3) is 0.227. The zero-order valence-electron chi connectivity index (χ0n) is 16.6. The fourth-order valence-corrected chi connectivity index (χ4v) is 5.05. The summed E-state index contributed by atoms with van der Waals surface area (Å²) in [6, 6.07) is 15.1. The van der Waals surface area contributed by atoms with Gasteiger partial charge in [-0.05, 0) is 0 Å². The average Bonchev–Trinajstić information content (AvgIpc) is 2.72. The van der Waals surface area contributed by atoms with Crippen molar-refractivity contribution in [1.82, 2.24) is 0 Å². The number of hydrogen-bond acceptors (Lipinski definition) is 6. The number of anilines is 1. The summed E-state index contributed by atoms with van der Waals surface area (Å²) in [6.45, 7) is 3.67. The number of esters is 2. The van der Waals surface area contributed by atoms with Crippen LogP contribution in [-0.2, 0) is 24.4 Å². The predicted octanol–water partition coefficient (Wildman–Crippen LogP) is 3.75. The Morgan fingerprint density at radius 2 is 1.73 bits per heavy atom. The summed E-state index contributed by atoms with van der Waals surface area (Å²) in [5.74, 6) is -0.923. The molecule has 0 atom stereocenters. The zero-order chi connectivity index (χ0) is 21.5. The standard InChI is InChI=1S/C22H21ClN2O4Se/c1-3-28-21(26)18(22(27)29-4-2)20-25-19(14-8-6-5-7-9-14)24-17-11-10-16(23)12-15(17)13-30-20/h5-12H,3-4,13H2,1-2H3,(H,24,25). The van der Waals surface area contributed by atoms with Gasteiger partial charge in [0.15, 0.2) is 0 Å². The van der Waals surface area contributed by atoms with Crippen LogP contribution >= 0.6 is 11.6 Å². The molecule has 0 aromatic heterocycles. The van der Waals surface area contributed by atoms with Crippen molar-refractivity contribution in [1.29, 1.82) is 0 Å². The van der Waals surface area contributed by atoms with Crippen LogP contribution in [0.4, 0.5) is 5.69 Å². The van der Waals surface area contributed by atoms with E-state index in [0.29, 0.717) is 20.8 Å². The second-order valence-electron chi connectivity index (χ2n) is 6.16. The second kappa shape index (κ2) is 10.4. The molecule has 0 saturated heterocycles. The third kappa shape index (κ3) is 5.30. The van der Waals surface area contributed by atoms with Crippen LogP contribution in [0.25, 0.3) is 0 Å². The first-order valence-electron chi connectivity index (χ1n) is 9.44. The number of carbonyl (C=O) groups excluding carboxylic acids is 2. The molecule has 0 spiro atoms. The van der Waals surface area contributed by atoms with Gasteiger partial charge in [-0.3, -0.25) is 0 Å². The molecule has 1 N–H and O–H groups in total. The third-order valence-electron chi connectivity index (χ3n) is 4.12. The summed E-state index contributed by atoms with van der Waals surface area (Å²) in [4.78, 5) is 29.9. The van der Waals surface area contributed by atoms with E-state index >= 15 is 0 Å². The molecule has 3 rings (SSSR count). The minimum atomic E-state index is -0.726. The topological polar surface area (TPSA) is 77.0 Å². The Labute approximate surface area is 186 Å². The molecular formula is C22H21ClN2O4Se. The Bertz CT molecular complexity index is 985. The fourth-order valence-electron chi connectivity index (χ4n) is 2.76. The number of ether oxygens (including phenoxy) is 2. The van der Waals surface area contributed by atoms with Gasteiger partial charge in [0.25, 0.3) is 0 Å². The average molecular weight is 492 g/mol. The van der Waals surface area contributed by atoms with Gasteiger partial charge in [0.05, 0.1) is 0 Å². The first kappa shape index (κ1) is 22.1. The number of amidine groups is 1. The van der Waals surface area contributed by atoms with E-state index in [0.717, 1.165) is 16.8 Å². The van der Waals surface area contributed by atoms with Crippen LogP contribution in [0.1, 0.15) is 25.0 Å². The van der Waals surface area contributed by atoms with E-state index in [1.807, 2.05) is 48.5 Å². The number of carbonyl (C=O) groups is 2. The molecule has 8 heteroatoms. The Hall–Kier alpha value is -2.60. The van der Waals surface area contributed by atoms with Crippen LogP contribution in [0.2, 0.25) is 5.02 Å². The van der Waals surface area contributed by atoms with E-state index in [2.05, 4.69) is 5.32 Å².